The van der Waals surface area contributed by atoms with Crippen LogP contribution >= 0.6 is 0 Å². The van der Waals surface area contributed by atoms with Crippen molar-refractivity contribution < 1.29 is 19.4 Å². The number of rotatable bonds is 5. The van der Waals surface area contributed by atoms with Crippen molar-refractivity contribution in [3.8, 4) is 11.6 Å². The Morgan fingerprint density at radius 2 is 2.06 bits per heavy atom. The molecule has 1 N–H and O–H groups in total. The maximum atomic E-state index is 11.2. The lowest BCUT2D eigenvalue weighted by molar-refractivity contribution is -0.120. The molecule has 4 heterocycles. The maximum Gasteiger partial charge on any atom is 0.407 e. The van der Waals surface area contributed by atoms with Crippen LogP contribution < -0.4 is 4.74 Å². The molecule has 0 radical (unpaired) electrons. The summed E-state index contributed by atoms with van der Waals surface area (Å²) in [5.41, 5.74) is 3.87. The molecule has 2 fully saturated rings. The van der Waals surface area contributed by atoms with E-state index in [9.17, 15) is 9.90 Å². The highest BCUT2D eigenvalue weighted by atomic mass is 16.5. The van der Waals surface area contributed by atoms with Crippen molar-refractivity contribution in [3.63, 3.8) is 0 Å². The molecule has 2 aromatic carbocycles. The number of likely N-dealkylation sites (tertiary alicyclic amines) is 1. The van der Waals surface area contributed by atoms with Gasteiger partial charge in [-0.3, -0.25) is 4.57 Å². The lowest BCUT2D eigenvalue weighted by Crippen LogP contribution is -2.47. The molecule has 0 spiro atoms. The number of amides is 1. The molecular weight excluding hydrogens is 420 g/mol. The normalized spacial score (nSPS) is 17.7. The van der Waals surface area contributed by atoms with E-state index in [1.54, 1.807) is 6.33 Å². The molecule has 1 amide bonds. The number of ether oxygens (including phenoxy) is 2. The van der Waals surface area contributed by atoms with Crippen molar-refractivity contribution in [3.05, 3.63) is 60.4 Å². The van der Waals surface area contributed by atoms with E-state index in [-0.39, 0.29) is 11.3 Å². The smallest absolute Gasteiger partial charge is 0.407 e. The fourth-order valence-electron chi connectivity index (χ4n) is 4.51. The third-order valence-corrected chi connectivity index (χ3v) is 6.58. The van der Waals surface area contributed by atoms with E-state index in [1.165, 1.54) is 4.90 Å². The fraction of sp³-hybridized carbons (Fsp3) is 0.320. The van der Waals surface area contributed by atoms with Crippen molar-refractivity contribution in [2.24, 2.45) is 5.41 Å². The van der Waals surface area contributed by atoms with Gasteiger partial charge in [0.1, 0.15) is 17.9 Å². The molecule has 6 rings (SSSR count). The average molecular weight is 444 g/mol. The highest BCUT2D eigenvalue weighted by Crippen LogP contribution is 2.33. The Labute approximate surface area is 190 Å². The molecule has 0 unspecified atom stereocenters. The number of fused-ring (bicyclic) bond motifs is 2. The summed E-state index contributed by atoms with van der Waals surface area (Å²) in [4.78, 5) is 22.1. The topological polar surface area (TPSA) is 89.7 Å². The number of hydrogen-bond acceptors (Lipinski definition) is 5. The van der Waals surface area contributed by atoms with Gasteiger partial charge < -0.3 is 19.5 Å². The van der Waals surface area contributed by atoms with Crippen LogP contribution in [-0.2, 0) is 4.74 Å². The van der Waals surface area contributed by atoms with E-state index in [0.29, 0.717) is 19.7 Å². The second kappa shape index (κ2) is 7.45. The number of imidazole rings is 1. The van der Waals surface area contributed by atoms with Gasteiger partial charge in [0.15, 0.2) is 0 Å². The van der Waals surface area contributed by atoms with Gasteiger partial charge in [-0.05, 0) is 29.8 Å². The molecule has 4 aromatic rings. The van der Waals surface area contributed by atoms with Gasteiger partial charge in [0.25, 0.3) is 0 Å². The predicted molar refractivity (Wildman–Crippen MR) is 123 cm³/mol. The highest BCUT2D eigenvalue weighted by Gasteiger charge is 2.34. The standard InChI is InChI=1S/C25H24N4O4/c1-25(12-32-13-25)14-33-18-6-7-21-20(9-18)26-15-29(21)22-8-5-16-3-2-4-19(23(16)27-22)17-10-28(11-17)24(30)31/h2-9,15,17H,10-14H2,1H3,(H,30,31). The number of para-hydroxylation sites is 1. The van der Waals surface area contributed by atoms with Crippen LogP contribution in [0.25, 0.3) is 27.8 Å². The van der Waals surface area contributed by atoms with Gasteiger partial charge in [0.2, 0.25) is 0 Å². The molecule has 0 bridgehead atoms. The summed E-state index contributed by atoms with van der Waals surface area (Å²) in [6, 6.07) is 16.1. The largest absolute Gasteiger partial charge is 0.493 e. The Bertz CT molecular complexity index is 1370. The molecule has 8 nitrogen and oxygen atoms in total. The Hall–Kier alpha value is -3.65. The Morgan fingerprint density at radius 3 is 2.82 bits per heavy atom. The SMILES string of the molecule is CC1(COc2ccc3c(c2)ncn3-c2ccc3cccc(C4CN(C(=O)O)C4)c3n2)COC1. The van der Waals surface area contributed by atoms with Crippen molar-refractivity contribution in [1.82, 2.24) is 19.4 Å². The molecule has 2 aromatic heterocycles. The number of carbonyl (C=O) groups is 1. The number of nitrogens with zero attached hydrogens (tertiary/aromatic N) is 4. The first-order chi connectivity index (χ1) is 16.0. The highest BCUT2D eigenvalue weighted by molar-refractivity contribution is 5.85. The van der Waals surface area contributed by atoms with E-state index in [4.69, 9.17) is 14.5 Å². The summed E-state index contributed by atoms with van der Waals surface area (Å²) in [5, 5.41) is 10.2. The van der Waals surface area contributed by atoms with Crippen LogP contribution in [0.1, 0.15) is 18.4 Å². The van der Waals surface area contributed by atoms with E-state index >= 15 is 0 Å². The van der Waals surface area contributed by atoms with Crippen molar-refractivity contribution >= 4 is 28.0 Å². The van der Waals surface area contributed by atoms with Crippen molar-refractivity contribution in [1.29, 1.82) is 0 Å². The second-order valence-electron chi connectivity index (χ2n) is 9.33. The van der Waals surface area contributed by atoms with Gasteiger partial charge in [-0.1, -0.05) is 25.1 Å². The van der Waals surface area contributed by atoms with Gasteiger partial charge in [0.05, 0.1) is 36.4 Å². The molecule has 0 atom stereocenters. The van der Waals surface area contributed by atoms with Gasteiger partial charge in [0, 0.05) is 35.9 Å². The summed E-state index contributed by atoms with van der Waals surface area (Å²) < 4.78 is 13.3. The zero-order chi connectivity index (χ0) is 22.6. The van der Waals surface area contributed by atoms with Crippen LogP contribution in [-0.4, -0.2) is 63.5 Å². The van der Waals surface area contributed by atoms with E-state index < -0.39 is 6.09 Å². The molecule has 2 aliphatic heterocycles. The zero-order valence-electron chi connectivity index (χ0n) is 18.3. The van der Waals surface area contributed by atoms with Gasteiger partial charge in [-0.15, -0.1) is 0 Å². The summed E-state index contributed by atoms with van der Waals surface area (Å²) in [6.45, 7) is 5.24. The average Bonchev–Trinajstić information content (AvgIpc) is 3.18. The molecule has 2 aliphatic rings. The predicted octanol–water partition coefficient (Wildman–Crippen LogP) is 4.07. The lowest BCUT2D eigenvalue weighted by atomic mass is 9.90. The van der Waals surface area contributed by atoms with E-state index in [1.807, 2.05) is 47.0 Å². The Kier molecular flexibility index (Phi) is 4.51. The van der Waals surface area contributed by atoms with Crippen LogP contribution in [0.4, 0.5) is 4.79 Å². The quantitative estimate of drug-likeness (QED) is 0.499. The second-order valence-corrected chi connectivity index (χ2v) is 9.33. The molecule has 33 heavy (non-hydrogen) atoms. The molecule has 0 saturated carbocycles. The van der Waals surface area contributed by atoms with Crippen LogP contribution in [0, 0.1) is 5.41 Å². The summed E-state index contributed by atoms with van der Waals surface area (Å²) in [5.74, 6) is 1.73. The maximum absolute atomic E-state index is 11.2. The fourth-order valence-corrected chi connectivity index (χ4v) is 4.51. The monoisotopic (exact) mass is 444 g/mol. The van der Waals surface area contributed by atoms with Crippen LogP contribution in [0.5, 0.6) is 5.75 Å². The number of aromatic nitrogens is 3. The molecular formula is C25H24N4O4. The van der Waals surface area contributed by atoms with Crippen molar-refractivity contribution in [2.45, 2.75) is 12.8 Å². The molecule has 8 heteroatoms. The minimum absolute atomic E-state index is 0.0863. The summed E-state index contributed by atoms with van der Waals surface area (Å²) in [7, 11) is 0. The summed E-state index contributed by atoms with van der Waals surface area (Å²) in [6.07, 6.45) is 0.908. The minimum atomic E-state index is -0.872. The lowest BCUT2D eigenvalue weighted by Gasteiger charge is -2.37. The van der Waals surface area contributed by atoms with Crippen LogP contribution in [0.3, 0.4) is 0 Å². The third kappa shape index (κ3) is 3.47. The number of pyridine rings is 1. The first-order valence-corrected chi connectivity index (χ1v) is 11.0. The van der Waals surface area contributed by atoms with E-state index in [0.717, 1.165) is 52.3 Å². The first-order valence-electron chi connectivity index (χ1n) is 11.0. The Balaban J connectivity index is 1.30. The summed E-state index contributed by atoms with van der Waals surface area (Å²) >= 11 is 0. The number of hydrogen-bond donors (Lipinski definition) is 1. The molecule has 0 aliphatic carbocycles. The van der Waals surface area contributed by atoms with Crippen LogP contribution in [0.2, 0.25) is 0 Å². The number of carboxylic acid groups (broad SMARTS) is 1. The minimum Gasteiger partial charge on any atom is -0.493 e. The molecule has 168 valence electrons. The number of benzene rings is 2. The first kappa shape index (κ1) is 20.0. The van der Waals surface area contributed by atoms with E-state index in [2.05, 4.69) is 18.0 Å². The zero-order valence-corrected chi connectivity index (χ0v) is 18.3. The van der Waals surface area contributed by atoms with Gasteiger partial charge in [-0.2, -0.15) is 0 Å². The van der Waals surface area contributed by atoms with Gasteiger partial charge >= 0.3 is 6.09 Å². The Morgan fingerprint density at radius 1 is 1.21 bits per heavy atom. The molecule has 2 saturated heterocycles. The van der Waals surface area contributed by atoms with Crippen LogP contribution in [0.15, 0.2) is 54.9 Å². The van der Waals surface area contributed by atoms with Crippen molar-refractivity contribution in [2.75, 3.05) is 32.9 Å². The van der Waals surface area contributed by atoms with Gasteiger partial charge in [-0.25, -0.2) is 14.8 Å². The third-order valence-electron chi connectivity index (χ3n) is 6.58.